The molecule has 166 valence electrons. The standard InChI is InChI=1S/C22H33N3O5/c1-15-12-16(2-3-19(15)26)13-20(27)22(29)25-10-6-18(7-11-25)17-4-8-24(9-5-17)14-21(28)23-30/h2-3,12,17-18,20,26-27,30H,4-11,13-14H2,1H3,(H,23,28)/t20-/m1/s1. The molecule has 0 radical (unpaired) electrons. The highest BCUT2D eigenvalue weighted by atomic mass is 16.5. The van der Waals surface area contributed by atoms with Crippen LogP contribution in [0, 0.1) is 18.8 Å². The lowest BCUT2D eigenvalue weighted by Gasteiger charge is -2.40. The van der Waals surface area contributed by atoms with Gasteiger partial charge in [-0.1, -0.05) is 12.1 Å². The number of nitrogens with zero attached hydrogens (tertiary/aromatic N) is 2. The van der Waals surface area contributed by atoms with E-state index in [-0.39, 0.29) is 30.5 Å². The van der Waals surface area contributed by atoms with Crippen LogP contribution in [0.2, 0.25) is 0 Å². The smallest absolute Gasteiger partial charge is 0.257 e. The molecule has 2 aliphatic rings. The van der Waals surface area contributed by atoms with Crippen molar-refractivity contribution in [3.63, 3.8) is 0 Å². The fraction of sp³-hybridized carbons (Fsp3) is 0.636. The summed E-state index contributed by atoms with van der Waals surface area (Å²) in [6.07, 6.45) is 3.13. The van der Waals surface area contributed by atoms with Gasteiger partial charge in [0, 0.05) is 19.5 Å². The molecule has 0 spiro atoms. The average Bonchev–Trinajstić information content (AvgIpc) is 2.76. The lowest BCUT2D eigenvalue weighted by atomic mass is 9.78. The second kappa shape index (κ2) is 10.2. The largest absolute Gasteiger partial charge is 0.508 e. The van der Waals surface area contributed by atoms with E-state index in [1.807, 2.05) is 0 Å². The third kappa shape index (κ3) is 5.71. The highest BCUT2D eigenvalue weighted by molar-refractivity contribution is 5.81. The van der Waals surface area contributed by atoms with Crippen LogP contribution in [0.3, 0.4) is 0 Å². The number of carbonyl (C=O) groups is 2. The Morgan fingerprint density at radius 3 is 2.27 bits per heavy atom. The number of aliphatic hydroxyl groups is 1. The first kappa shape index (κ1) is 22.5. The monoisotopic (exact) mass is 419 g/mol. The van der Waals surface area contributed by atoms with Crippen molar-refractivity contribution in [1.82, 2.24) is 15.3 Å². The number of hydroxylamine groups is 1. The molecule has 2 saturated heterocycles. The second-order valence-corrected chi connectivity index (χ2v) is 8.65. The molecule has 2 amide bonds. The number of amides is 2. The maximum Gasteiger partial charge on any atom is 0.257 e. The molecule has 1 atom stereocenters. The van der Waals surface area contributed by atoms with Crippen LogP contribution in [0.25, 0.3) is 0 Å². The van der Waals surface area contributed by atoms with Crippen LogP contribution in [0.1, 0.15) is 36.8 Å². The fourth-order valence-corrected chi connectivity index (χ4v) is 4.78. The lowest BCUT2D eigenvalue weighted by Crippen LogP contribution is -2.47. The molecule has 0 bridgehead atoms. The van der Waals surface area contributed by atoms with Gasteiger partial charge in [0.05, 0.1) is 6.54 Å². The molecule has 2 fully saturated rings. The number of aryl methyl sites for hydroxylation is 1. The summed E-state index contributed by atoms with van der Waals surface area (Å²) in [5.41, 5.74) is 3.25. The number of phenols is 1. The van der Waals surface area contributed by atoms with Crippen LogP contribution in [0.5, 0.6) is 5.75 Å². The molecule has 0 aromatic heterocycles. The van der Waals surface area contributed by atoms with Crippen molar-refractivity contribution in [2.24, 2.45) is 11.8 Å². The Morgan fingerprint density at radius 2 is 1.70 bits per heavy atom. The Kier molecular flexibility index (Phi) is 7.69. The SMILES string of the molecule is Cc1cc(C[C@@H](O)C(=O)N2CCC(C3CCN(CC(=O)NO)CC3)CC2)ccc1O. The molecule has 4 N–H and O–H groups in total. The molecule has 0 aliphatic carbocycles. The zero-order valence-corrected chi connectivity index (χ0v) is 17.6. The van der Waals surface area contributed by atoms with Crippen LogP contribution >= 0.6 is 0 Å². The highest BCUT2D eigenvalue weighted by Gasteiger charge is 2.32. The first-order valence-electron chi connectivity index (χ1n) is 10.8. The summed E-state index contributed by atoms with van der Waals surface area (Å²) in [4.78, 5) is 27.8. The zero-order chi connectivity index (χ0) is 21.7. The Labute approximate surface area is 177 Å². The molecule has 2 aliphatic heterocycles. The first-order chi connectivity index (χ1) is 14.4. The molecule has 3 rings (SSSR count). The number of aromatic hydroxyl groups is 1. The van der Waals surface area contributed by atoms with Crippen LogP contribution in [-0.4, -0.2) is 75.9 Å². The number of rotatable bonds is 6. The van der Waals surface area contributed by atoms with Gasteiger partial charge in [0.2, 0.25) is 0 Å². The number of piperidine rings is 2. The topological polar surface area (TPSA) is 113 Å². The first-order valence-corrected chi connectivity index (χ1v) is 10.8. The molecule has 8 heteroatoms. The molecular formula is C22H33N3O5. The van der Waals surface area contributed by atoms with E-state index in [9.17, 15) is 19.8 Å². The number of aliphatic hydroxyl groups excluding tert-OH is 1. The van der Waals surface area contributed by atoms with E-state index in [0.29, 0.717) is 24.9 Å². The van der Waals surface area contributed by atoms with E-state index in [4.69, 9.17) is 5.21 Å². The molecule has 0 saturated carbocycles. The second-order valence-electron chi connectivity index (χ2n) is 8.65. The van der Waals surface area contributed by atoms with Crippen LogP contribution < -0.4 is 5.48 Å². The Morgan fingerprint density at radius 1 is 1.10 bits per heavy atom. The van der Waals surface area contributed by atoms with Gasteiger partial charge in [-0.05, 0) is 74.7 Å². The predicted molar refractivity (Wildman–Crippen MR) is 111 cm³/mol. The third-order valence-electron chi connectivity index (χ3n) is 6.62. The van der Waals surface area contributed by atoms with Gasteiger partial charge in [0.1, 0.15) is 11.9 Å². The van der Waals surface area contributed by atoms with E-state index in [1.165, 1.54) is 0 Å². The lowest BCUT2D eigenvalue weighted by molar-refractivity contribution is -0.141. The summed E-state index contributed by atoms with van der Waals surface area (Å²) in [5.74, 6) is 0.787. The van der Waals surface area contributed by atoms with Gasteiger partial charge in [0.25, 0.3) is 11.8 Å². The van der Waals surface area contributed by atoms with Crippen molar-refractivity contribution >= 4 is 11.8 Å². The molecule has 8 nitrogen and oxygen atoms in total. The van der Waals surface area contributed by atoms with Crippen molar-refractivity contribution in [3.8, 4) is 5.75 Å². The maximum absolute atomic E-state index is 12.7. The molecule has 1 aromatic rings. The third-order valence-corrected chi connectivity index (χ3v) is 6.62. The number of carbonyl (C=O) groups excluding carboxylic acids is 2. The number of phenolic OH excluding ortho intramolecular Hbond substituents is 1. The molecule has 1 aromatic carbocycles. The van der Waals surface area contributed by atoms with Gasteiger partial charge in [-0.25, -0.2) is 5.48 Å². The average molecular weight is 420 g/mol. The van der Waals surface area contributed by atoms with Gasteiger partial charge in [-0.2, -0.15) is 0 Å². The van der Waals surface area contributed by atoms with Crippen LogP contribution in [-0.2, 0) is 16.0 Å². The maximum atomic E-state index is 12.7. The van der Waals surface area contributed by atoms with Gasteiger partial charge >= 0.3 is 0 Å². The van der Waals surface area contributed by atoms with E-state index in [2.05, 4.69) is 4.90 Å². The summed E-state index contributed by atoms with van der Waals surface area (Å²) in [5, 5.41) is 28.7. The minimum atomic E-state index is -1.06. The van der Waals surface area contributed by atoms with E-state index >= 15 is 0 Å². The van der Waals surface area contributed by atoms with Crippen molar-refractivity contribution in [2.75, 3.05) is 32.7 Å². The van der Waals surface area contributed by atoms with E-state index in [0.717, 1.165) is 49.9 Å². The van der Waals surface area contributed by atoms with Crippen LogP contribution in [0.4, 0.5) is 0 Å². The molecule has 2 heterocycles. The van der Waals surface area contributed by atoms with Crippen molar-refractivity contribution < 1.29 is 25.0 Å². The summed E-state index contributed by atoms with van der Waals surface area (Å²) in [7, 11) is 0. The highest BCUT2D eigenvalue weighted by Crippen LogP contribution is 2.32. The summed E-state index contributed by atoms with van der Waals surface area (Å²) in [6.45, 7) is 5.06. The van der Waals surface area contributed by atoms with Crippen molar-refractivity contribution in [3.05, 3.63) is 29.3 Å². The van der Waals surface area contributed by atoms with E-state index < -0.39 is 6.10 Å². The molecular weight excluding hydrogens is 386 g/mol. The number of benzene rings is 1. The van der Waals surface area contributed by atoms with Crippen molar-refractivity contribution in [2.45, 2.75) is 45.1 Å². The summed E-state index contributed by atoms with van der Waals surface area (Å²) >= 11 is 0. The van der Waals surface area contributed by atoms with Gasteiger partial charge < -0.3 is 15.1 Å². The minimum absolute atomic E-state index is 0.212. The Hall–Kier alpha value is -2.16. The Balaban J connectivity index is 1.43. The van der Waals surface area contributed by atoms with E-state index in [1.54, 1.807) is 35.5 Å². The van der Waals surface area contributed by atoms with Crippen molar-refractivity contribution in [1.29, 1.82) is 0 Å². The summed E-state index contributed by atoms with van der Waals surface area (Å²) < 4.78 is 0. The van der Waals surface area contributed by atoms with Crippen LogP contribution in [0.15, 0.2) is 18.2 Å². The predicted octanol–water partition coefficient (Wildman–Crippen LogP) is 1.06. The summed E-state index contributed by atoms with van der Waals surface area (Å²) in [6, 6.07) is 5.13. The number of nitrogens with one attached hydrogen (secondary N) is 1. The number of likely N-dealkylation sites (tertiary alicyclic amines) is 2. The fourth-order valence-electron chi connectivity index (χ4n) is 4.78. The van der Waals surface area contributed by atoms with Gasteiger partial charge in [-0.15, -0.1) is 0 Å². The zero-order valence-electron chi connectivity index (χ0n) is 17.6. The minimum Gasteiger partial charge on any atom is -0.508 e. The number of hydrogen-bond acceptors (Lipinski definition) is 6. The normalized spacial score (nSPS) is 20.2. The Bertz CT molecular complexity index is 740. The quantitative estimate of drug-likeness (QED) is 0.405. The number of hydrogen-bond donors (Lipinski definition) is 4. The van der Waals surface area contributed by atoms with Gasteiger partial charge in [-0.3, -0.25) is 19.7 Å². The molecule has 30 heavy (non-hydrogen) atoms. The molecule has 0 unspecified atom stereocenters. The van der Waals surface area contributed by atoms with Gasteiger partial charge in [0.15, 0.2) is 0 Å².